The summed E-state index contributed by atoms with van der Waals surface area (Å²) in [5, 5.41) is 6.73. The number of cyclic esters (lactones) is 1. The molecule has 4 rings (SSSR count). The van der Waals surface area contributed by atoms with Gasteiger partial charge in [-0.2, -0.15) is 0 Å². The maximum atomic E-state index is 11.7. The first-order valence-corrected chi connectivity index (χ1v) is 8.70. The fourth-order valence-electron chi connectivity index (χ4n) is 3.18. The number of para-hydroxylation sites is 1. The highest BCUT2D eigenvalue weighted by Gasteiger charge is 2.28. The van der Waals surface area contributed by atoms with Gasteiger partial charge in [0.2, 0.25) is 0 Å². The molecule has 1 aliphatic heterocycles. The molecule has 0 radical (unpaired) electrons. The molecule has 5 heteroatoms. The summed E-state index contributed by atoms with van der Waals surface area (Å²) in [7, 11) is 0. The van der Waals surface area contributed by atoms with Crippen molar-refractivity contribution in [2.45, 2.75) is 18.4 Å². The molecule has 3 heterocycles. The average molecular weight is 326 g/mol. The SMILES string of the molecule is O=C1OCC[C@@H]1NC[C@@H](c1cccs1)c1c[nH]c2ccccc12. The number of rotatable bonds is 5. The topological polar surface area (TPSA) is 54.1 Å². The Balaban J connectivity index is 1.64. The molecular formula is C18H18N2O2S. The van der Waals surface area contributed by atoms with Crippen LogP contribution in [0, 0.1) is 0 Å². The van der Waals surface area contributed by atoms with E-state index >= 15 is 0 Å². The van der Waals surface area contributed by atoms with E-state index in [4.69, 9.17) is 4.74 Å². The molecule has 0 amide bonds. The van der Waals surface area contributed by atoms with E-state index in [9.17, 15) is 4.79 Å². The van der Waals surface area contributed by atoms with Crippen LogP contribution in [0.25, 0.3) is 10.9 Å². The Morgan fingerprint density at radius 3 is 3.00 bits per heavy atom. The predicted octanol–water partition coefficient (Wildman–Crippen LogP) is 3.27. The lowest BCUT2D eigenvalue weighted by Gasteiger charge is -2.18. The lowest BCUT2D eigenvalue weighted by Crippen LogP contribution is -2.36. The molecule has 2 aromatic heterocycles. The van der Waals surface area contributed by atoms with Gasteiger partial charge < -0.3 is 15.0 Å². The highest BCUT2D eigenvalue weighted by Crippen LogP contribution is 2.33. The molecule has 2 N–H and O–H groups in total. The lowest BCUT2D eigenvalue weighted by atomic mass is 9.96. The number of nitrogens with one attached hydrogen (secondary N) is 2. The Kier molecular flexibility index (Phi) is 3.89. The first kappa shape index (κ1) is 14.5. The van der Waals surface area contributed by atoms with Crippen molar-refractivity contribution in [1.82, 2.24) is 10.3 Å². The summed E-state index contributed by atoms with van der Waals surface area (Å²) in [6, 6.07) is 12.4. The summed E-state index contributed by atoms with van der Waals surface area (Å²) in [5.41, 5.74) is 2.41. The molecule has 1 aliphatic rings. The van der Waals surface area contributed by atoms with Gasteiger partial charge in [-0.3, -0.25) is 4.79 Å². The van der Waals surface area contributed by atoms with Crippen molar-refractivity contribution < 1.29 is 9.53 Å². The first-order chi connectivity index (χ1) is 11.3. The molecule has 3 aromatic rings. The van der Waals surface area contributed by atoms with Gasteiger partial charge in [-0.25, -0.2) is 0 Å². The molecule has 0 saturated carbocycles. The standard InChI is InChI=1S/C18H18N2O2S/c21-18-16(7-8-22-18)20-11-14(17-6-3-9-23-17)13-10-19-15-5-2-1-4-12(13)15/h1-6,9-10,14,16,19-20H,7-8,11H2/t14-,16+/m1/s1. The van der Waals surface area contributed by atoms with Gasteiger partial charge in [0.15, 0.2) is 0 Å². The number of hydrogen-bond acceptors (Lipinski definition) is 4. The molecule has 2 atom stereocenters. The molecule has 118 valence electrons. The molecule has 4 nitrogen and oxygen atoms in total. The van der Waals surface area contributed by atoms with E-state index in [-0.39, 0.29) is 17.9 Å². The summed E-state index contributed by atoms with van der Waals surface area (Å²) in [6.07, 6.45) is 2.84. The van der Waals surface area contributed by atoms with Gasteiger partial charge in [0.05, 0.1) is 6.61 Å². The zero-order valence-corrected chi connectivity index (χ0v) is 13.4. The van der Waals surface area contributed by atoms with Crippen molar-refractivity contribution in [3.05, 3.63) is 58.4 Å². The van der Waals surface area contributed by atoms with E-state index in [0.29, 0.717) is 6.61 Å². The summed E-state index contributed by atoms with van der Waals surface area (Å²) in [5.74, 6) is 0.0911. The predicted molar refractivity (Wildman–Crippen MR) is 91.8 cm³/mol. The molecule has 0 aliphatic carbocycles. The fraction of sp³-hybridized carbons (Fsp3) is 0.278. The van der Waals surface area contributed by atoms with E-state index < -0.39 is 0 Å². The molecule has 0 bridgehead atoms. The van der Waals surface area contributed by atoms with Crippen molar-refractivity contribution in [2.75, 3.05) is 13.2 Å². The van der Waals surface area contributed by atoms with Crippen molar-refractivity contribution in [2.24, 2.45) is 0 Å². The van der Waals surface area contributed by atoms with Crippen LogP contribution in [0.1, 0.15) is 22.8 Å². The second-order valence-corrected chi connectivity index (χ2v) is 6.75. The molecule has 0 spiro atoms. The maximum absolute atomic E-state index is 11.7. The van der Waals surface area contributed by atoms with Crippen molar-refractivity contribution in [3.63, 3.8) is 0 Å². The second-order valence-electron chi connectivity index (χ2n) is 5.77. The Morgan fingerprint density at radius 2 is 2.22 bits per heavy atom. The number of esters is 1. The third-order valence-electron chi connectivity index (χ3n) is 4.39. The number of fused-ring (bicyclic) bond motifs is 1. The van der Waals surface area contributed by atoms with Crippen LogP contribution < -0.4 is 5.32 Å². The van der Waals surface area contributed by atoms with Crippen LogP contribution >= 0.6 is 11.3 Å². The lowest BCUT2D eigenvalue weighted by molar-refractivity contribution is -0.139. The maximum Gasteiger partial charge on any atom is 0.323 e. The molecule has 1 saturated heterocycles. The molecule has 23 heavy (non-hydrogen) atoms. The van der Waals surface area contributed by atoms with E-state index in [2.05, 4.69) is 52.2 Å². The quantitative estimate of drug-likeness (QED) is 0.708. The van der Waals surface area contributed by atoms with E-state index in [0.717, 1.165) is 18.5 Å². The molecular weight excluding hydrogens is 308 g/mol. The van der Waals surface area contributed by atoms with Gasteiger partial charge in [0.25, 0.3) is 0 Å². The normalized spacial score (nSPS) is 19.1. The number of carbonyl (C=O) groups excluding carboxylic acids is 1. The van der Waals surface area contributed by atoms with Gasteiger partial charge in [-0.05, 0) is 23.1 Å². The highest BCUT2D eigenvalue weighted by atomic mass is 32.1. The molecule has 0 unspecified atom stereocenters. The van der Waals surface area contributed by atoms with Crippen LogP contribution in [0.15, 0.2) is 48.0 Å². The van der Waals surface area contributed by atoms with Gasteiger partial charge in [-0.1, -0.05) is 24.3 Å². The number of aromatic nitrogens is 1. The van der Waals surface area contributed by atoms with Crippen LogP contribution in [0.3, 0.4) is 0 Å². The number of carbonyl (C=O) groups is 1. The number of hydrogen-bond donors (Lipinski definition) is 2. The first-order valence-electron chi connectivity index (χ1n) is 7.82. The Bertz CT molecular complexity index is 809. The van der Waals surface area contributed by atoms with Gasteiger partial charge in [0, 0.05) is 40.9 Å². The highest BCUT2D eigenvalue weighted by molar-refractivity contribution is 7.10. The van der Waals surface area contributed by atoms with Crippen LogP contribution in [0.4, 0.5) is 0 Å². The minimum absolute atomic E-state index is 0.131. The van der Waals surface area contributed by atoms with E-state index in [1.165, 1.54) is 15.8 Å². The number of H-pyrrole nitrogens is 1. The van der Waals surface area contributed by atoms with E-state index in [1.807, 2.05) is 6.07 Å². The number of ether oxygens (including phenoxy) is 1. The Labute approximate surface area is 138 Å². The summed E-state index contributed by atoms with van der Waals surface area (Å²) in [6.45, 7) is 1.25. The van der Waals surface area contributed by atoms with Gasteiger partial charge in [0.1, 0.15) is 6.04 Å². The van der Waals surface area contributed by atoms with Crippen molar-refractivity contribution in [1.29, 1.82) is 0 Å². The minimum Gasteiger partial charge on any atom is -0.464 e. The van der Waals surface area contributed by atoms with Crippen LogP contribution in [0.5, 0.6) is 0 Å². The van der Waals surface area contributed by atoms with E-state index in [1.54, 1.807) is 11.3 Å². The molecule has 1 fully saturated rings. The minimum atomic E-state index is -0.178. The van der Waals surface area contributed by atoms with Crippen LogP contribution in [-0.4, -0.2) is 30.1 Å². The summed E-state index contributed by atoms with van der Waals surface area (Å²) < 4.78 is 5.04. The smallest absolute Gasteiger partial charge is 0.323 e. The van der Waals surface area contributed by atoms with Crippen LogP contribution in [0.2, 0.25) is 0 Å². The summed E-state index contributed by atoms with van der Waals surface area (Å²) >= 11 is 1.75. The van der Waals surface area contributed by atoms with Gasteiger partial charge in [-0.15, -0.1) is 11.3 Å². The average Bonchev–Trinajstić information content (AvgIpc) is 3.30. The third-order valence-corrected chi connectivity index (χ3v) is 5.37. The summed E-state index contributed by atoms with van der Waals surface area (Å²) in [4.78, 5) is 16.3. The fourth-order valence-corrected chi connectivity index (χ4v) is 4.02. The van der Waals surface area contributed by atoms with Crippen LogP contribution in [-0.2, 0) is 9.53 Å². The number of thiophene rings is 1. The molecule has 1 aromatic carbocycles. The number of benzene rings is 1. The Hall–Kier alpha value is -2.11. The zero-order chi connectivity index (χ0) is 15.6. The second kappa shape index (κ2) is 6.18. The monoisotopic (exact) mass is 326 g/mol. The number of aromatic amines is 1. The third kappa shape index (κ3) is 2.78. The zero-order valence-electron chi connectivity index (χ0n) is 12.6. The van der Waals surface area contributed by atoms with Crippen molar-refractivity contribution in [3.8, 4) is 0 Å². The van der Waals surface area contributed by atoms with Crippen molar-refractivity contribution >= 4 is 28.2 Å². The largest absolute Gasteiger partial charge is 0.464 e. The van der Waals surface area contributed by atoms with Gasteiger partial charge >= 0.3 is 5.97 Å². The Morgan fingerprint density at radius 1 is 1.30 bits per heavy atom.